The molecule has 2 atom stereocenters. The van der Waals surface area contributed by atoms with Gasteiger partial charge in [0.2, 0.25) is 0 Å². The number of pyridine rings is 1. The Morgan fingerprint density at radius 3 is 2.44 bits per heavy atom. The van der Waals surface area contributed by atoms with Gasteiger partial charge in [0.05, 0.1) is 24.3 Å². The zero-order chi connectivity index (χ0) is 25.8. The van der Waals surface area contributed by atoms with Crippen LogP contribution in [0.15, 0.2) is 48.5 Å². The maximum Gasteiger partial charge on any atom is 0.305 e. The van der Waals surface area contributed by atoms with Gasteiger partial charge in [0.15, 0.2) is 0 Å². The number of aliphatic hydroxyl groups is 2. The van der Waals surface area contributed by atoms with Gasteiger partial charge in [-0.3, -0.25) is 9.78 Å². The molecule has 0 aliphatic heterocycles. The molecule has 2 aromatic carbocycles. The number of hydrogen-bond acceptors (Lipinski definition) is 4. The summed E-state index contributed by atoms with van der Waals surface area (Å²) in [4.78, 5) is 16.1. The van der Waals surface area contributed by atoms with Crippen LogP contribution in [-0.4, -0.2) is 38.5 Å². The second-order valence-corrected chi connectivity index (χ2v) is 10.0. The van der Waals surface area contributed by atoms with Gasteiger partial charge < -0.3 is 15.3 Å². The van der Waals surface area contributed by atoms with Crippen LogP contribution in [0.5, 0.6) is 0 Å². The summed E-state index contributed by atoms with van der Waals surface area (Å²) in [6.45, 7) is 4.20. The molecule has 6 heteroatoms. The summed E-state index contributed by atoms with van der Waals surface area (Å²) < 4.78 is 13.9. The van der Waals surface area contributed by atoms with Crippen molar-refractivity contribution >= 4 is 5.97 Å². The number of benzene rings is 2. The molecule has 0 fully saturated rings. The predicted octanol–water partition coefficient (Wildman–Crippen LogP) is 5.69. The number of nitrogens with zero attached hydrogens (tertiary/aromatic N) is 1. The fourth-order valence-corrected chi connectivity index (χ4v) is 5.30. The lowest BCUT2D eigenvalue weighted by molar-refractivity contribution is -0.139. The standard InChI is InChI=1S/C30H34FNO4/c1-18(2)29-26(15-14-22(33)16-23(34)17-27(35)36)28(20-10-12-21(31)13-11-20)25-9-5-7-19-6-3-4-8-24(19)30(25)32-29/h3-4,6,8,10-13,18,22-23,33-34H,5,7,9,14-17H2,1-2H3,(H,35,36). The van der Waals surface area contributed by atoms with Crippen molar-refractivity contribution < 1.29 is 24.5 Å². The van der Waals surface area contributed by atoms with Crippen molar-refractivity contribution in [3.8, 4) is 22.4 Å². The molecule has 190 valence electrons. The molecule has 1 aliphatic rings. The number of carboxylic acids is 1. The van der Waals surface area contributed by atoms with Crippen molar-refractivity contribution in [1.29, 1.82) is 0 Å². The van der Waals surface area contributed by atoms with E-state index in [1.165, 1.54) is 17.7 Å². The van der Waals surface area contributed by atoms with E-state index in [0.29, 0.717) is 12.8 Å². The van der Waals surface area contributed by atoms with Crippen molar-refractivity contribution in [2.75, 3.05) is 0 Å². The Bertz CT molecular complexity index is 1220. The van der Waals surface area contributed by atoms with Crippen molar-refractivity contribution in [1.82, 2.24) is 4.98 Å². The van der Waals surface area contributed by atoms with E-state index in [-0.39, 0.29) is 18.2 Å². The van der Waals surface area contributed by atoms with Gasteiger partial charge in [-0.2, -0.15) is 0 Å². The Hall–Kier alpha value is -3.09. The van der Waals surface area contributed by atoms with Crippen LogP contribution in [0.4, 0.5) is 4.39 Å². The fourth-order valence-electron chi connectivity index (χ4n) is 5.30. The van der Waals surface area contributed by atoms with Gasteiger partial charge in [0.25, 0.3) is 0 Å². The minimum atomic E-state index is -1.10. The topological polar surface area (TPSA) is 90.7 Å². The number of hydrogen-bond donors (Lipinski definition) is 3. The zero-order valence-electron chi connectivity index (χ0n) is 20.9. The molecule has 2 unspecified atom stereocenters. The Labute approximate surface area is 211 Å². The van der Waals surface area contributed by atoms with Crippen LogP contribution in [-0.2, 0) is 24.1 Å². The quantitative estimate of drug-likeness (QED) is 0.358. The number of rotatable bonds is 9. The molecule has 5 nitrogen and oxygen atoms in total. The Morgan fingerprint density at radius 1 is 1.03 bits per heavy atom. The summed E-state index contributed by atoms with van der Waals surface area (Å²) in [5.41, 5.74) is 8.49. The molecule has 3 N–H and O–H groups in total. The lowest BCUT2D eigenvalue weighted by atomic mass is 9.84. The van der Waals surface area contributed by atoms with Crippen LogP contribution in [0, 0.1) is 5.82 Å². The largest absolute Gasteiger partial charge is 0.481 e. The van der Waals surface area contributed by atoms with E-state index in [1.807, 2.05) is 18.2 Å². The molecule has 4 rings (SSSR count). The maximum absolute atomic E-state index is 13.9. The van der Waals surface area contributed by atoms with Crippen LogP contribution in [0.25, 0.3) is 22.4 Å². The van der Waals surface area contributed by atoms with Gasteiger partial charge >= 0.3 is 5.97 Å². The minimum absolute atomic E-state index is 0.000931. The maximum atomic E-state index is 13.9. The van der Waals surface area contributed by atoms with E-state index >= 15 is 0 Å². The van der Waals surface area contributed by atoms with Crippen molar-refractivity contribution in [2.45, 2.75) is 76.9 Å². The molecule has 0 bridgehead atoms. The van der Waals surface area contributed by atoms with Crippen LogP contribution < -0.4 is 0 Å². The number of halogens is 1. The lowest BCUT2D eigenvalue weighted by Gasteiger charge is -2.24. The van der Waals surface area contributed by atoms with Gasteiger partial charge in [-0.05, 0) is 84.4 Å². The van der Waals surface area contributed by atoms with E-state index in [0.717, 1.165) is 58.5 Å². The van der Waals surface area contributed by atoms with Gasteiger partial charge in [-0.15, -0.1) is 0 Å². The summed E-state index contributed by atoms with van der Waals surface area (Å²) in [7, 11) is 0. The summed E-state index contributed by atoms with van der Waals surface area (Å²) >= 11 is 0. The zero-order valence-corrected chi connectivity index (χ0v) is 20.9. The monoisotopic (exact) mass is 491 g/mol. The summed E-state index contributed by atoms with van der Waals surface area (Å²) in [6.07, 6.45) is 1.32. The van der Waals surface area contributed by atoms with Gasteiger partial charge in [0.1, 0.15) is 5.82 Å². The van der Waals surface area contributed by atoms with Crippen LogP contribution in [0.2, 0.25) is 0 Å². The second-order valence-electron chi connectivity index (χ2n) is 10.0. The highest BCUT2D eigenvalue weighted by molar-refractivity contribution is 5.81. The Balaban J connectivity index is 1.82. The molecule has 1 heterocycles. The second kappa shape index (κ2) is 11.3. The summed E-state index contributed by atoms with van der Waals surface area (Å²) in [5.74, 6) is -1.27. The normalized spacial score (nSPS) is 14.6. The van der Waals surface area contributed by atoms with Gasteiger partial charge in [0, 0.05) is 11.3 Å². The van der Waals surface area contributed by atoms with E-state index in [9.17, 15) is 19.4 Å². The summed E-state index contributed by atoms with van der Waals surface area (Å²) in [5, 5.41) is 29.5. The van der Waals surface area contributed by atoms with Crippen LogP contribution in [0.1, 0.15) is 67.8 Å². The number of carboxylic acid groups (broad SMARTS) is 1. The molecule has 0 radical (unpaired) electrons. The first kappa shape index (κ1) is 26.0. The van der Waals surface area contributed by atoms with Gasteiger partial charge in [-0.1, -0.05) is 50.2 Å². The minimum Gasteiger partial charge on any atom is -0.481 e. The molecule has 0 amide bonds. The predicted molar refractivity (Wildman–Crippen MR) is 138 cm³/mol. The Morgan fingerprint density at radius 2 is 1.75 bits per heavy atom. The first-order chi connectivity index (χ1) is 17.2. The molecule has 0 saturated heterocycles. The smallest absolute Gasteiger partial charge is 0.305 e. The third-order valence-corrected chi connectivity index (χ3v) is 6.94. The van der Waals surface area contributed by atoms with E-state index in [4.69, 9.17) is 10.1 Å². The molecular formula is C30H34FNO4. The molecule has 1 aromatic heterocycles. The van der Waals surface area contributed by atoms with Crippen LogP contribution >= 0.6 is 0 Å². The van der Waals surface area contributed by atoms with Crippen molar-refractivity contribution in [3.05, 3.63) is 76.7 Å². The number of fused-ring (bicyclic) bond motifs is 3. The van der Waals surface area contributed by atoms with Crippen molar-refractivity contribution in [3.63, 3.8) is 0 Å². The average Bonchev–Trinajstić information content (AvgIpc) is 3.01. The average molecular weight is 492 g/mol. The highest BCUT2D eigenvalue weighted by atomic mass is 19.1. The van der Waals surface area contributed by atoms with E-state index in [2.05, 4.69) is 32.0 Å². The third-order valence-electron chi connectivity index (χ3n) is 6.94. The first-order valence-electron chi connectivity index (χ1n) is 12.7. The molecule has 36 heavy (non-hydrogen) atoms. The molecule has 3 aromatic rings. The molecule has 0 saturated carbocycles. The Kier molecular flexibility index (Phi) is 8.17. The molecular weight excluding hydrogens is 457 g/mol. The highest BCUT2D eigenvalue weighted by Gasteiger charge is 2.26. The number of aromatic nitrogens is 1. The van der Waals surface area contributed by atoms with E-state index < -0.39 is 24.6 Å². The number of aliphatic carboxylic acids is 1. The highest BCUT2D eigenvalue weighted by Crippen LogP contribution is 2.42. The number of aliphatic hydroxyl groups excluding tert-OH is 2. The van der Waals surface area contributed by atoms with Crippen molar-refractivity contribution in [2.24, 2.45) is 0 Å². The van der Waals surface area contributed by atoms with Gasteiger partial charge in [-0.25, -0.2) is 4.39 Å². The van der Waals surface area contributed by atoms with Crippen LogP contribution in [0.3, 0.4) is 0 Å². The number of aryl methyl sites for hydroxylation is 1. The fraction of sp³-hybridized carbons (Fsp3) is 0.400. The lowest BCUT2D eigenvalue weighted by Crippen LogP contribution is -2.21. The third kappa shape index (κ3) is 5.82. The van der Waals surface area contributed by atoms with E-state index in [1.54, 1.807) is 0 Å². The number of carbonyl (C=O) groups is 1. The summed E-state index contributed by atoms with van der Waals surface area (Å²) in [6, 6.07) is 14.9. The SMILES string of the molecule is CC(C)c1nc2c(c(-c3ccc(F)cc3)c1CCC(O)CC(O)CC(=O)O)CCCc1ccccc1-2. The first-order valence-corrected chi connectivity index (χ1v) is 12.7. The molecule has 1 aliphatic carbocycles. The molecule has 0 spiro atoms.